The molecule has 0 atom stereocenters. The van der Waals surface area contributed by atoms with Crippen molar-refractivity contribution in [2.45, 2.75) is 13.8 Å². The van der Waals surface area contributed by atoms with Crippen molar-refractivity contribution in [2.75, 3.05) is 0 Å². The molecule has 4 aromatic carbocycles. The zero-order chi connectivity index (χ0) is 23.5. The molecule has 0 aliphatic carbocycles. The minimum Gasteiger partial charge on any atom is -0.456 e. The fourth-order valence-electron chi connectivity index (χ4n) is 3.86. The van der Waals surface area contributed by atoms with Crippen LogP contribution in [0.25, 0.3) is 22.3 Å². The van der Waals surface area contributed by atoms with E-state index in [-0.39, 0.29) is 15.0 Å². The Bertz CT molecular complexity index is 1220. The number of rotatable bonds is 6. The van der Waals surface area contributed by atoms with Gasteiger partial charge in [0, 0.05) is 21.2 Å². The van der Waals surface area contributed by atoms with Crippen LogP contribution >= 0.6 is 23.2 Å². The maximum Gasteiger partial charge on any atom is 0.305 e. The Labute approximate surface area is 205 Å². The van der Waals surface area contributed by atoms with E-state index in [9.17, 15) is 10.0 Å². The lowest BCUT2D eigenvalue weighted by atomic mass is 9.80. The Balaban J connectivity index is 1.88. The van der Waals surface area contributed by atoms with Crippen LogP contribution in [0, 0.1) is 13.8 Å². The third kappa shape index (κ3) is 4.82. The van der Waals surface area contributed by atoms with E-state index in [4.69, 9.17) is 27.9 Å². The first-order valence-electron chi connectivity index (χ1n) is 10.6. The van der Waals surface area contributed by atoms with E-state index in [2.05, 4.69) is 0 Å². The minimum absolute atomic E-state index is 0.144. The van der Waals surface area contributed by atoms with Crippen LogP contribution in [0.15, 0.2) is 72.8 Å². The summed E-state index contributed by atoms with van der Waals surface area (Å²) in [6.45, 7) is 3.89. The number of hydrogen-bond acceptors (Lipinski definition) is 3. The van der Waals surface area contributed by atoms with E-state index in [0.717, 1.165) is 44.3 Å². The van der Waals surface area contributed by atoms with E-state index < -0.39 is 0 Å². The summed E-state index contributed by atoms with van der Waals surface area (Å²) >= 11 is 12.8. The van der Waals surface area contributed by atoms with Crippen LogP contribution in [0.2, 0.25) is 10.0 Å². The maximum atomic E-state index is 10.0. The third-order valence-corrected chi connectivity index (χ3v) is 6.52. The lowest BCUT2D eigenvalue weighted by molar-refractivity contribution is 0.486. The smallest absolute Gasteiger partial charge is 0.305 e. The average Bonchev–Trinajstić information content (AvgIpc) is 2.82. The minimum atomic E-state index is -0.144. The molecule has 0 fully saturated rings. The van der Waals surface area contributed by atoms with Gasteiger partial charge in [-0.2, -0.15) is 0 Å². The van der Waals surface area contributed by atoms with Gasteiger partial charge in [-0.3, -0.25) is 0 Å². The van der Waals surface area contributed by atoms with Gasteiger partial charge in [-0.25, -0.2) is 0 Å². The van der Waals surface area contributed by atoms with Gasteiger partial charge in [-0.15, -0.1) is 0 Å². The molecule has 3 nitrogen and oxygen atoms in total. The first kappa shape index (κ1) is 23.5. The zero-order valence-corrected chi connectivity index (χ0v) is 19.9. The van der Waals surface area contributed by atoms with Crippen molar-refractivity contribution < 1.29 is 14.8 Å². The van der Waals surface area contributed by atoms with Gasteiger partial charge in [0.1, 0.15) is 11.5 Å². The van der Waals surface area contributed by atoms with Gasteiger partial charge in [0.15, 0.2) is 0 Å². The summed E-state index contributed by atoms with van der Waals surface area (Å²) in [5, 5.41) is 21.3. The predicted octanol–water partition coefficient (Wildman–Crippen LogP) is 4.67. The normalized spacial score (nSPS) is 10.7. The summed E-state index contributed by atoms with van der Waals surface area (Å²) in [5.41, 5.74) is 6.63. The van der Waals surface area contributed by atoms with Gasteiger partial charge in [0.25, 0.3) is 0 Å². The number of benzene rings is 4. The number of hydrogen-bond donors (Lipinski definition) is 2. The molecule has 7 heteroatoms. The zero-order valence-electron chi connectivity index (χ0n) is 18.4. The predicted molar refractivity (Wildman–Crippen MR) is 141 cm³/mol. The van der Waals surface area contributed by atoms with Gasteiger partial charge >= 0.3 is 15.0 Å². The fraction of sp³-hybridized carbons (Fsp3) is 0.0769. The summed E-state index contributed by atoms with van der Waals surface area (Å²) in [7, 11) is -0.287. The van der Waals surface area contributed by atoms with Crippen molar-refractivity contribution >= 4 is 49.1 Å². The summed E-state index contributed by atoms with van der Waals surface area (Å²) < 4.78 is 6.47. The molecule has 0 aromatic heterocycles. The van der Waals surface area contributed by atoms with E-state index in [1.807, 2.05) is 86.6 Å². The highest BCUT2D eigenvalue weighted by Gasteiger charge is 2.18. The van der Waals surface area contributed by atoms with Crippen LogP contribution in [-0.2, 0) is 0 Å². The van der Waals surface area contributed by atoms with Crippen LogP contribution in [0.5, 0.6) is 11.5 Å². The van der Waals surface area contributed by atoms with Crippen molar-refractivity contribution in [1.29, 1.82) is 0 Å². The molecule has 164 valence electrons. The SMILES string of the molecule is Cc1ccc(-c2c(BO)cccc2Oc2cccc(BO)c2-c2ccc(C)c(Cl)c2)cc1Cl. The Kier molecular flexibility index (Phi) is 7.16. The maximum absolute atomic E-state index is 10.0. The van der Waals surface area contributed by atoms with E-state index in [0.29, 0.717) is 21.5 Å². The molecule has 0 bridgehead atoms. The van der Waals surface area contributed by atoms with Crippen molar-refractivity contribution in [2.24, 2.45) is 0 Å². The summed E-state index contributed by atoms with van der Waals surface area (Å²) in [5.74, 6) is 1.16. The van der Waals surface area contributed by atoms with Crippen molar-refractivity contribution in [1.82, 2.24) is 0 Å². The third-order valence-electron chi connectivity index (χ3n) is 5.71. The topological polar surface area (TPSA) is 49.7 Å². The second-order valence-corrected chi connectivity index (χ2v) is 8.74. The molecule has 4 aromatic rings. The molecule has 0 amide bonds. The van der Waals surface area contributed by atoms with Crippen LogP contribution in [0.3, 0.4) is 0 Å². The Morgan fingerprint density at radius 3 is 1.42 bits per heavy atom. The Morgan fingerprint density at radius 2 is 1.06 bits per heavy atom. The summed E-state index contributed by atoms with van der Waals surface area (Å²) in [6.07, 6.45) is 0. The number of aryl methyl sites for hydroxylation is 2. The number of ether oxygens (including phenoxy) is 1. The van der Waals surface area contributed by atoms with E-state index in [1.165, 1.54) is 0 Å². The molecule has 0 saturated carbocycles. The lowest BCUT2D eigenvalue weighted by Gasteiger charge is -2.19. The van der Waals surface area contributed by atoms with E-state index in [1.54, 1.807) is 0 Å². The average molecular weight is 475 g/mol. The standard InChI is InChI=1S/C26H22B2Cl2O3/c1-15-9-11-17(13-21(15)29)25-19(27-31)5-3-7-23(25)33-24-8-4-6-20(28-32)26(24)18-12-10-16(2)22(30)14-18/h3-14,27-28,31-32H,1-2H3. The van der Waals surface area contributed by atoms with Crippen LogP contribution in [0.1, 0.15) is 11.1 Å². The van der Waals surface area contributed by atoms with E-state index >= 15 is 0 Å². The molecule has 0 unspecified atom stereocenters. The highest BCUT2D eigenvalue weighted by atomic mass is 35.5. The Hall–Kier alpha value is -2.69. The van der Waals surface area contributed by atoms with Crippen molar-refractivity contribution in [3.63, 3.8) is 0 Å². The van der Waals surface area contributed by atoms with Crippen LogP contribution in [0.4, 0.5) is 0 Å². The lowest BCUT2D eigenvalue weighted by Crippen LogP contribution is -2.18. The second kappa shape index (κ2) is 10.1. The molecule has 4 rings (SSSR count). The quantitative estimate of drug-likeness (QED) is 0.399. The molecule has 0 aliphatic heterocycles. The molecular formula is C26H22B2Cl2O3. The molecule has 33 heavy (non-hydrogen) atoms. The molecule has 2 N–H and O–H groups in total. The molecule has 0 spiro atoms. The van der Waals surface area contributed by atoms with Crippen LogP contribution in [-0.4, -0.2) is 25.0 Å². The van der Waals surface area contributed by atoms with Crippen molar-refractivity contribution in [3.05, 3.63) is 94.0 Å². The molecule has 0 saturated heterocycles. The van der Waals surface area contributed by atoms with Gasteiger partial charge in [-0.1, -0.05) is 71.7 Å². The highest BCUT2D eigenvalue weighted by Crippen LogP contribution is 2.38. The fourth-order valence-corrected chi connectivity index (χ4v) is 4.22. The van der Waals surface area contributed by atoms with Gasteiger partial charge in [0.05, 0.1) is 0 Å². The first-order valence-corrected chi connectivity index (χ1v) is 11.3. The summed E-state index contributed by atoms with van der Waals surface area (Å²) in [4.78, 5) is 0. The van der Waals surface area contributed by atoms with Crippen molar-refractivity contribution in [3.8, 4) is 33.8 Å². The molecular weight excluding hydrogens is 453 g/mol. The monoisotopic (exact) mass is 474 g/mol. The van der Waals surface area contributed by atoms with Gasteiger partial charge in [-0.05, 0) is 71.3 Å². The van der Waals surface area contributed by atoms with Crippen LogP contribution < -0.4 is 15.7 Å². The number of halogens is 2. The second-order valence-electron chi connectivity index (χ2n) is 7.93. The van der Waals surface area contributed by atoms with Gasteiger partial charge < -0.3 is 14.8 Å². The molecule has 0 heterocycles. The molecule has 0 aliphatic rings. The Morgan fingerprint density at radius 1 is 0.636 bits per heavy atom. The highest BCUT2D eigenvalue weighted by molar-refractivity contribution is 6.49. The molecule has 0 radical (unpaired) electrons. The summed E-state index contributed by atoms with van der Waals surface area (Å²) in [6, 6.07) is 22.7. The van der Waals surface area contributed by atoms with Gasteiger partial charge in [0.2, 0.25) is 0 Å². The largest absolute Gasteiger partial charge is 0.456 e. The first-order chi connectivity index (χ1) is 15.9.